The zero-order chi connectivity index (χ0) is 15.4. The number of methoxy groups -OCH3 is 1. The van der Waals surface area contributed by atoms with Crippen LogP contribution in [0, 0.1) is 0 Å². The lowest BCUT2D eigenvalue weighted by molar-refractivity contribution is 0.0601. The predicted octanol–water partition coefficient (Wildman–Crippen LogP) is 0.306. The first-order valence-corrected chi connectivity index (χ1v) is 5.80. The number of aromatic amines is 2. The quantitative estimate of drug-likeness (QED) is 0.554. The number of aliphatic imine (C=N–C) groups is 1. The first-order chi connectivity index (χ1) is 10.0. The third kappa shape index (κ3) is 3.06. The van der Waals surface area contributed by atoms with Crippen LogP contribution in [0.5, 0.6) is 5.88 Å². The molecule has 3 N–H and O–H groups in total. The second-order valence-electron chi connectivity index (χ2n) is 3.94. The van der Waals surface area contributed by atoms with Crippen LogP contribution in [0.2, 0.25) is 0 Å². The molecule has 8 nitrogen and oxygen atoms in total. The lowest BCUT2D eigenvalue weighted by atomic mass is 10.2. The molecule has 2 aromatic rings. The van der Waals surface area contributed by atoms with Crippen molar-refractivity contribution in [2.24, 2.45) is 4.99 Å². The Morgan fingerprint density at radius 1 is 1.29 bits per heavy atom. The van der Waals surface area contributed by atoms with Crippen LogP contribution in [0.1, 0.15) is 15.9 Å². The lowest BCUT2D eigenvalue weighted by Crippen LogP contribution is -2.24. The summed E-state index contributed by atoms with van der Waals surface area (Å²) >= 11 is 0. The van der Waals surface area contributed by atoms with Crippen LogP contribution in [-0.4, -0.2) is 34.4 Å². The summed E-state index contributed by atoms with van der Waals surface area (Å²) in [5.74, 6) is -1.19. The molecule has 0 saturated carbocycles. The minimum Gasteiger partial charge on any atom is -0.494 e. The molecular weight excluding hydrogens is 278 g/mol. The molecule has 21 heavy (non-hydrogen) atoms. The van der Waals surface area contributed by atoms with Gasteiger partial charge in [-0.2, -0.15) is 0 Å². The van der Waals surface area contributed by atoms with E-state index in [1.807, 2.05) is 9.97 Å². The highest BCUT2D eigenvalue weighted by atomic mass is 16.5. The van der Waals surface area contributed by atoms with E-state index in [4.69, 9.17) is 0 Å². The van der Waals surface area contributed by atoms with Crippen molar-refractivity contribution in [3.05, 3.63) is 56.2 Å². The van der Waals surface area contributed by atoms with Gasteiger partial charge in [-0.1, -0.05) is 12.1 Å². The summed E-state index contributed by atoms with van der Waals surface area (Å²) in [6.45, 7) is 0. The van der Waals surface area contributed by atoms with Gasteiger partial charge in [0.25, 0.3) is 5.56 Å². The van der Waals surface area contributed by atoms with E-state index in [0.29, 0.717) is 0 Å². The summed E-state index contributed by atoms with van der Waals surface area (Å²) in [7, 11) is 1.24. The highest BCUT2D eigenvalue weighted by Crippen LogP contribution is 2.19. The van der Waals surface area contributed by atoms with Crippen molar-refractivity contribution in [2.75, 3.05) is 7.11 Å². The summed E-state index contributed by atoms with van der Waals surface area (Å²) in [5.41, 5.74) is -1.39. The Hall–Kier alpha value is -3.16. The molecule has 1 heterocycles. The lowest BCUT2D eigenvalue weighted by Gasteiger charge is -2.02. The Kier molecular flexibility index (Phi) is 3.98. The number of H-pyrrole nitrogens is 2. The largest absolute Gasteiger partial charge is 0.494 e. The standard InChI is InChI=1S/C13H11N3O5/c1-21-12(19)7-4-2-3-5-9(7)14-6-8-10(17)15-13(20)16-11(8)18/h2-6H,1H3,(H3,15,16,17,18,20). The maximum Gasteiger partial charge on any atom is 0.340 e. The van der Waals surface area contributed by atoms with Gasteiger partial charge in [0.15, 0.2) is 0 Å². The molecule has 0 radical (unpaired) electrons. The summed E-state index contributed by atoms with van der Waals surface area (Å²) < 4.78 is 4.61. The second-order valence-corrected chi connectivity index (χ2v) is 3.94. The zero-order valence-corrected chi connectivity index (χ0v) is 10.9. The maximum atomic E-state index is 11.6. The van der Waals surface area contributed by atoms with Crippen LogP contribution in [0.4, 0.5) is 5.69 Å². The summed E-state index contributed by atoms with van der Waals surface area (Å²) in [6.07, 6.45) is 1.05. The SMILES string of the molecule is COC(=O)c1ccccc1N=Cc1c(O)[nH]c(=O)[nH]c1=O. The maximum absolute atomic E-state index is 11.6. The number of hydrogen-bond acceptors (Lipinski definition) is 6. The molecule has 0 amide bonds. The molecule has 0 aliphatic rings. The number of para-hydroxylation sites is 1. The van der Waals surface area contributed by atoms with Gasteiger partial charge in [-0.3, -0.25) is 19.8 Å². The van der Waals surface area contributed by atoms with Gasteiger partial charge in [0.1, 0.15) is 5.56 Å². The van der Waals surface area contributed by atoms with Crippen molar-refractivity contribution < 1.29 is 14.6 Å². The number of rotatable bonds is 3. The van der Waals surface area contributed by atoms with Crippen LogP contribution in [0.15, 0.2) is 38.8 Å². The van der Waals surface area contributed by atoms with E-state index >= 15 is 0 Å². The van der Waals surface area contributed by atoms with Gasteiger partial charge in [0.05, 0.1) is 18.4 Å². The number of hydrogen-bond donors (Lipinski definition) is 3. The Labute approximate surface area is 117 Å². The molecule has 0 unspecified atom stereocenters. The fourth-order valence-corrected chi connectivity index (χ4v) is 1.61. The molecule has 2 rings (SSSR count). The zero-order valence-electron chi connectivity index (χ0n) is 10.9. The second kappa shape index (κ2) is 5.87. The Bertz CT molecular complexity index is 819. The fourth-order valence-electron chi connectivity index (χ4n) is 1.61. The molecule has 1 aromatic heterocycles. The van der Waals surface area contributed by atoms with E-state index < -0.39 is 23.1 Å². The third-order valence-corrected chi connectivity index (χ3v) is 2.60. The van der Waals surface area contributed by atoms with Gasteiger partial charge in [-0.15, -0.1) is 0 Å². The number of aromatic nitrogens is 2. The van der Waals surface area contributed by atoms with Crippen LogP contribution in [0.25, 0.3) is 0 Å². The molecule has 8 heteroatoms. The van der Waals surface area contributed by atoms with E-state index in [0.717, 1.165) is 6.21 Å². The first-order valence-electron chi connectivity index (χ1n) is 5.80. The van der Waals surface area contributed by atoms with E-state index in [2.05, 4.69) is 9.73 Å². The van der Waals surface area contributed by atoms with E-state index in [-0.39, 0.29) is 16.8 Å². The topological polar surface area (TPSA) is 125 Å². The van der Waals surface area contributed by atoms with Crippen molar-refractivity contribution in [1.29, 1.82) is 0 Å². The highest BCUT2D eigenvalue weighted by Gasteiger charge is 2.11. The summed E-state index contributed by atoms with van der Waals surface area (Å²) in [4.78, 5) is 42.0. The number of nitrogens with zero attached hydrogens (tertiary/aromatic N) is 1. The number of carbonyl (C=O) groups is 1. The molecular formula is C13H11N3O5. The molecule has 0 aliphatic heterocycles. The first kappa shape index (κ1) is 14.3. The normalized spacial score (nSPS) is 10.7. The predicted molar refractivity (Wildman–Crippen MR) is 74.4 cm³/mol. The fraction of sp³-hybridized carbons (Fsp3) is 0.0769. The van der Waals surface area contributed by atoms with Gasteiger partial charge < -0.3 is 9.84 Å². The number of nitrogens with one attached hydrogen (secondary N) is 2. The number of carbonyl (C=O) groups excluding carboxylic acids is 1. The molecule has 0 fully saturated rings. The molecule has 0 bridgehead atoms. The van der Waals surface area contributed by atoms with Crippen molar-refractivity contribution in [2.45, 2.75) is 0 Å². The van der Waals surface area contributed by atoms with Crippen LogP contribution >= 0.6 is 0 Å². The van der Waals surface area contributed by atoms with Crippen molar-refractivity contribution in [1.82, 2.24) is 9.97 Å². The number of aromatic hydroxyl groups is 1. The highest BCUT2D eigenvalue weighted by molar-refractivity contribution is 5.96. The van der Waals surface area contributed by atoms with E-state index in [9.17, 15) is 19.5 Å². The van der Waals surface area contributed by atoms with Gasteiger partial charge in [-0.25, -0.2) is 9.59 Å². The smallest absolute Gasteiger partial charge is 0.340 e. The molecule has 0 saturated heterocycles. The van der Waals surface area contributed by atoms with Crippen molar-refractivity contribution >= 4 is 17.9 Å². The average molecular weight is 289 g/mol. The number of benzene rings is 1. The summed E-state index contributed by atoms with van der Waals surface area (Å²) in [6, 6.07) is 6.33. The Morgan fingerprint density at radius 3 is 2.67 bits per heavy atom. The third-order valence-electron chi connectivity index (χ3n) is 2.60. The van der Waals surface area contributed by atoms with E-state index in [1.165, 1.54) is 13.2 Å². The Morgan fingerprint density at radius 2 is 2.00 bits per heavy atom. The van der Waals surface area contributed by atoms with Crippen LogP contribution in [-0.2, 0) is 4.74 Å². The minimum atomic E-state index is -0.829. The van der Waals surface area contributed by atoms with Crippen molar-refractivity contribution in [3.63, 3.8) is 0 Å². The minimum absolute atomic E-state index is 0.205. The van der Waals surface area contributed by atoms with Crippen LogP contribution in [0.3, 0.4) is 0 Å². The van der Waals surface area contributed by atoms with Crippen LogP contribution < -0.4 is 11.2 Å². The number of ether oxygens (including phenoxy) is 1. The van der Waals surface area contributed by atoms with E-state index in [1.54, 1.807) is 18.2 Å². The molecule has 0 atom stereocenters. The molecule has 0 aliphatic carbocycles. The molecule has 108 valence electrons. The monoisotopic (exact) mass is 289 g/mol. The summed E-state index contributed by atoms with van der Waals surface area (Å²) in [5, 5.41) is 9.52. The van der Waals surface area contributed by atoms with Gasteiger partial charge in [0.2, 0.25) is 5.88 Å². The average Bonchev–Trinajstić information content (AvgIpc) is 2.45. The number of esters is 1. The Balaban J connectivity index is 2.46. The van der Waals surface area contributed by atoms with Gasteiger partial charge in [-0.05, 0) is 12.1 Å². The van der Waals surface area contributed by atoms with Crippen molar-refractivity contribution in [3.8, 4) is 5.88 Å². The van der Waals surface area contributed by atoms with Gasteiger partial charge >= 0.3 is 11.7 Å². The molecule has 1 aromatic carbocycles. The van der Waals surface area contributed by atoms with Gasteiger partial charge in [0, 0.05) is 6.21 Å². The molecule has 0 spiro atoms.